The largest absolute Gasteiger partial charge is 0.435 e. The fourth-order valence-corrected chi connectivity index (χ4v) is 3.00. The Morgan fingerprint density at radius 1 is 1.40 bits per heavy atom. The Labute approximate surface area is 115 Å². The Hall–Kier alpha value is -1.08. The molecule has 0 aromatic carbocycles. The first-order valence-corrected chi connectivity index (χ1v) is 6.93. The van der Waals surface area contributed by atoms with Crippen LogP contribution in [0.4, 0.5) is 13.2 Å². The van der Waals surface area contributed by atoms with E-state index >= 15 is 0 Å². The maximum absolute atomic E-state index is 12.6. The van der Waals surface area contributed by atoms with Gasteiger partial charge in [-0.2, -0.15) is 18.3 Å². The fourth-order valence-electron chi connectivity index (χ4n) is 3.00. The van der Waals surface area contributed by atoms with Crippen LogP contribution in [-0.2, 0) is 6.18 Å². The summed E-state index contributed by atoms with van der Waals surface area (Å²) >= 11 is 0. The Kier molecular flexibility index (Phi) is 3.29. The summed E-state index contributed by atoms with van der Waals surface area (Å²) in [5.74, 6) is 0. The van der Waals surface area contributed by atoms with Crippen LogP contribution >= 0.6 is 0 Å². The van der Waals surface area contributed by atoms with Gasteiger partial charge in [0, 0.05) is 17.8 Å². The molecule has 112 valence electrons. The topological polar surface area (TPSA) is 50.1 Å². The maximum atomic E-state index is 12.6. The van der Waals surface area contributed by atoms with Crippen molar-refractivity contribution < 1.29 is 18.3 Å². The fraction of sp³-hybridized carbons (Fsp3) is 0.769. The first kappa shape index (κ1) is 13.9. The Bertz CT molecular complexity index is 483. The van der Waals surface area contributed by atoms with Crippen molar-refractivity contribution in [3.63, 3.8) is 0 Å². The van der Waals surface area contributed by atoms with E-state index in [0.29, 0.717) is 12.5 Å². The first-order valence-electron chi connectivity index (χ1n) is 6.93. The van der Waals surface area contributed by atoms with Crippen LogP contribution < -0.4 is 5.32 Å². The van der Waals surface area contributed by atoms with Crippen LogP contribution in [0, 0.1) is 0 Å². The standard InChI is InChI=1S/C13H18F3N3O/c14-13(15,16)11-4-6-19(18-11)10-3-5-12(7-10,8-20)17-9-1-2-9/h4,6,9-10,17,20H,1-3,5,7-8H2. The van der Waals surface area contributed by atoms with E-state index in [-0.39, 0.29) is 18.2 Å². The predicted octanol–water partition coefficient (Wildman–Crippen LogP) is 2.11. The molecular weight excluding hydrogens is 271 g/mol. The van der Waals surface area contributed by atoms with Gasteiger partial charge in [-0.1, -0.05) is 0 Å². The lowest BCUT2D eigenvalue weighted by molar-refractivity contribution is -0.141. The van der Waals surface area contributed by atoms with Gasteiger partial charge in [0.15, 0.2) is 5.69 Å². The summed E-state index contributed by atoms with van der Waals surface area (Å²) in [6, 6.07) is 1.39. The summed E-state index contributed by atoms with van der Waals surface area (Å²) in [5, 5.41) is 16.7. The number of aliphatic hydroxyl groups excluding tert-OH is 1. The summed E-state index contributed by atoms with van der Waals surface area (Å²) in [7, 11) is 0. The smallest absolute Gasteiger partial charge is 0.394 e. The van der Waals surface area contributed by atoms with Crippen molar-refractivity contribution >= 4 is 0 Å². The normalized spacial score (nSPS) is 30.9. The van der Waals surface area contributed by atoms with Crippen molar-refractivity contribution in [2.24, 2.45) is 0 Å². The average molecular weight is 289 g/mol. The number of alkyl halides is 3. The van der Waals surface area contributed by atoms with Gasteiger partial charge in [-0.3, -0.25) is 4.68 Å². The molecule has 1 aromatic heterocycles. The maximum Gasteiger partial charge on any atom is 0.435 e. The molecule has 1 aromatic rings. The Morgan fingerprint density at radius 3 is 2.70 bits per heavy atom. The molecule has 1 heterocycles. The van der Waals surface area contributed by atoms with Gasteiger partial charge in [0.05, 0.1) is 12.6 Å². The van der Waals surface area contributed by atoms with Crippen LogP contribution in [0.15, 0.2) is 12.3 Å². The molecule has 2 atom stereocenters. The highest BCUT2D eigenvalue weighted by molar-refractivity contribution is 5.07. The summed E-state index contributed by atoms with van der Waals surface area (Å²) in [5.41, 5.74) is -1.20. The van der Waals surface area contributed by atoms with E-state index in [1.165, 1.54) is 10.9 Å². The van der Waals surface area contributed by atoms with Crippen LogP contribution in [-0.4, -0.2) is 33.1 Å². The summed E-state index contributed by atoms with van der Waals surface area (Å²) in [6.07, 6.45) is 1.35. The van der Waals surface area contributed by atoms with E-state index in [4.69, 9.17) is 0 Å². The zero-order chi connectivity index (χ0) is 14.4. The summed E-state index contributed by atoms with van der Waals surface area (Å²) in [6.45, 7) is 0.0212. The minimum absolute atomic E-state index is 0.0212. The van der Waals surface area contributed by atoms with Crippen LogP contribution in [0.2, 0.25) is 0 Å². The van der Waals surface area contributed by atoms with Crippen molar-refractivity contribution in [2.75, 3.05) is 6.61 Å². The predicted molar refractivity (Wildman–Crippen MR) is 66.1 cm³/mol. The Morgan fingerprint density at radius 2 is 2.15 bits per heavy atom. The highest BCUT2D eigenvalue weighted by Crippen LogP contribution is 2.40. The molecule has 2 aliphatic carbocycles. The minimum atomic E-state index is -4.40. The first-order chi connectivity index (χ1) is 9.42. The molecule has 2 aliphatic rings. The lowest BCUT2D eigenvalue weighted by Gasteiger charge is -2.28. The van der Waals surface area contributed by atoms with Crippen LogP contribution in [0.1, 0.15) is 43.8 Å². The molecule has 2 fully saturated rings. The van der Waals surface area contributed by atoms with Gasteiger partial charge in [-0.05, 0) is 38.2 Å². The van der Waals surface area contributed by atoms with Gasteiger partial charge in [0.2, 0.25) is 0 Å². The van der Waals surface area contributed by atoms with Crippen LogP contribution in [0.5, 0.6) is 0 Å². The van der Waals surface area contributed by atoms with Gasteiger partial charge in [-0.15, -0.1) is 0 Å². The number of aliphatic hydroxyl groups is 1. The van der Waals surface area contributed by atoms with Gasteiger partial charge in [-0.25, -0.2) is 0 Å². The number of halogens is 3. The van der Waals surface area contributed by atoms with E-state index in [1.807, 2.05) is 0 Å². The highest BCUT2D eigenvalue weighted by Gasteiger charge is 2.43. The molecule has 20 heavy (non-hydrogen) atoms. The van der Waals surface area contributed by atoms with Gasteiger partial charge in [0.1, 0.15) is 0 Å². The van der Waals surface area contributed by atoms with Crippen molar-refractivity contribution in [1.82, 2.24) is 15.1 Å². The number of nitrogens with zero attached hydrogens (tertiary/aromatic N) is 2. The van der Waals surface area contributed by atoms with E-state index in [1.54, 1.807) is 0 Å². The lowest BCUT2D eigenvalue weighted by atomic mass is 9.98. The SMILES string of the molecule is OCC1(NC2CC2)CCC(n2ccc(C(F)(F)F)n2)C1. The second-order valence-electron chi connectivity index (χ2n) is 5.93. The van der Waals surface area contributed by atoms with Crippen molar-refractivity contribution in [3.05, 3.63) is 18.0 Å². The molecule has 4 nitrogen and oxygen atoms in total. The van der Waals surface area contributed by atoms with E-state index in [9.17, 15) is 18.3 Å². The number of hydrogen-bond acceptors (Lipinski definition) is 3. The number of hydrogen-bond donors (Lipinski definition) is 2. The average Bonchev–Trinajstić information content (AvgIpc) is 2.92. The second-order valence-corrected chi connectivity index (χ2v) is 5.93. The van der Waals surface area contributed by atoms with E-state index in [2.05, 4.69) is 10.4 Å². The Balaban J connectivity index is 1.71. The minimum Gasteiger partial charge on any atom is -0.394 e. The molecule has 2 unspecified atom stereocenters. The third-order valence-corrected chi connectivity index (χ3v) is 4.25. The zero-order valence-corrected chi connectivity index (χ0v) is 11.0. The third-order valence-electron chi connectivity index (χ3n) is 4.25. The van der Waals surface area contributed by atoms with Crippen molar-refractivity contribution in [3.8, 4) is 0 Å². The molecule has 2 N–H and O–H groups in total. The summed E-state index contributed by atoms with van der Waals surface area (Å²) < 4.78 is 39.1. The molecule has 0 amide bonds. The van der Waals surface area contributed by atoms with Gasteiger partial charge < -0.3 is 10.4 Å². The molecule has 0 saturated heterocycles. The van der Waals surface area contributed by atoms with Gasteiger partial charge >= 0.3 is 6.18 Å². The van der Waals surface area contributed by atoms with Crippen LogP contribution in [0.25, 0.3) is 0 Å². The van der Waals surface area contributed by atoms with E-state index in [0.717, 1.165) is 31.7 Å². The number of rotatable bonds is 4. The molecule has 0 bridgehead atoms. The molecule has 2 saturated carbocycles. The van der Waals surface area contributed by atoms with Crippen molar-refractivity contribution in [1.29, 1.82) is 0 Å². The molecule has 0 aliphatic heterocycles. The molecule has 0 radical (unpaired) electrons. The zero-order valence-electron chi connectivity index (χ0n) is 11.0. The number of aromatic nitrogens is 2. The quantitative estimate of drug-likeness (QED) is 0.892. The number of nitrogens with one attached hydrogen (secondary N) is 1. The van der Waals surface area contributed by atoms with E-state index < -0.39 is 11.9 Å². The lowest BCUT2D eigenvalue weighted by Crippen LogP contribution is -2.47. The molecule has 0 spiro atoms. The van der Waals surface area contributed by atoms with Gasteiger partial charge in [0.25, 0.3) is 0 Å². The summed E-state index contributed by atoms with van der Waals surface area (Å²) in [4.78, 5) is 0. The highest BCUT2D eigenvalue weighted by atomic mass is 19.4. The molecule has 7 heteroatoms. The monoisotopic (exact) mass is 289 g/mol. The molecular formula is C13H18F3N3O. The van der Waals surface area contributed by atoms with Crippen LogP contribution in [0.3, 0.4) is 0 Å². The third kappa shape index (κ3) is 2.69. The molecule has 3 rings (SSSR count). The second kappa shape index (κ2) is 4.73. The van der Waals surface area contributed by atoms with Crippen molar-refractivity contribution in [2.45, 2.75) is 55.9 Å².